The maximum Gasteiger partial charge on any atom is 0.185 e. The average Bonchev–Trinajstić information content (AvgIpc) is 3.03. The van der Waals surface area contributed by atoms with E-state index < -0.39 is 6.29 Å². The number of carbonyl (C=O) groups excluding carboxylic acids is 1. The highest BCUT2D eigenvalue weighted by atomic mass is 79.9. The summed E-state index contributed by atoms with van der Waals surface area (Å²) in [5.74, 6) is 1.17. The maximum absolute atomic E-state index is 11.4. The van der Waals surface area contributed by atoms with Gasteiger partial charge in [0.15, 0.2) is 12.6 Å². The molecule has 0 saturated carbocycles. The summed E-state index contributed by atoms with van der Waals surface area (Å²) >= 11 is 28.0. The van der Waals surface area contributed by atoms with E-state index in [0.29, 0.717) is 59.0 Å². The molecule has 0 amide bonds. The standard InChI is InChI=1S/C19H14Cl2N2O.C14H13BrCl2N2O2.2CH4/c1-12-5-2-3-6-14(12)18-13(11-24)9-10-17(22-18)23-19-15(20)7-4-8-16(19)21;1-20-14(21-2)8-6-7-11(19-13(8)15)18-12-9(16)4-3-5-10(12)17;;/h2-11H,1H3,(H,22,23);3-7,14H,1-2H3,(H,18,19);2*1H4. The van der Waals surface area contributed by atoms with Crippen LogP contribution in [0.4, 0.5) is 23.0 Å². The number of carbonyl (C=O) groups is 1. The first-order chi connectivity index (χ1) is 21.7. The zero-order valence-corrected chi connectivity index (χ0v) is 28.9. The van der Waals surface area contributed by atoms with Crippen LogP contribution in [0.3, 0.4) is 0 Å². The van der Waals surface area contributed by atoms with Gasteiger partial charge in [0, 0.05) is 30.9 Å². The van der Waals surface area contributed by atoms with E-state index >= 15 is 0 Å². The van der Waals surface area contributed by atoms with Crippen LogP contribution in [-0.4, -0.2) is 30.5 Å². The predicted molar refractivity (Wildman–Crippen MR) is 201 cm³/mol. The largest absolute Gasteiger partial charge is 0.352 e. The molecule has 0 radical (unpaired) electrons. The molecule has 0 aliphatic rings. The highest BCUT2D eigenvalue weighted by Gasteiger charge is 2.16. The summed E-state index contributed by atoms with van der Waals surface area (Å²) < 4.78 is 11.0. The average molecular weight is 781 g/mol. The number of benzene rings is 3. The lowest BCUT2D eigenvalue weighted by Gasteiger charge is -2.16. The summed E-state index contributed by atoms with van der Waals surface area (Å²) in [5.41, 5.74) is 5.09. The Morgan fingerprint density at radius 3 is 1.66 bits per heavy atom. The van der Waals surface area contributed by atoms with Gasteiger partial charge >= 0.3 is 0 Å². The van der Waals surface area contributed by atoms with E-state index in [4.69, 9.17) is 55.9 Å². The number of aldehydes is 1. The summed E-state index contributed by atoms with van der Waals surface area (Å²) in [5, 5.41) is 8.28. The first-order valence-electron chi connectivity index (χ1n) is 13.3. The Kier molecular flexibility index (Phi) is 16.1. The van der Waals surface area contributed by atoms with Crippen LogP contribution in [0.1, 0.15) is 42.6 Å². The molecule has 0 fully saturated rings. The smallest absolute Gasteiger partial charge is 0.185 e. The van der Waals surface area contributed by atoms with Crippen molar-refractivity contribution in [1.29, 1.82) is 0 Å². The van der Waals surface area contributed by atoms with Gasteiger partial charge in [-0.2, -0.15) is 0 Å². The Morgan fingerprint density at radius 1 is 0.702 bits per heavy atom. The van der Waals surface area contributed by atoms with Gasteiger partial charge in [0.2, 0.25) is 0 Å². The van der Waals surface area contributed by atoms with E-state index in [9.17, 15) is 4.79 Å². The third-order valence-electron chi connectivity index (χ3n) is 6.44. The van der Waals surface area contributed by atoms with Gasteiger partial charge in [0.05, 0.1) is 37.2 Å². The van der Waals surface area contributed by atoms with Gasteiger partial charge in [-0.05, 0) is 76.9 Å². The molecule has 5 rings (SSSR count). The van der Waals surface area contributed by atoms with Crippen molar-refractivity contribution in [1.82, 2.24) is 9.97 Å². The fourth-order valence-corrected chi connectivity index (χ4v) is 5.71. The minimum atomic E-state index is -0.482. The maximum atomic E-state index is 11.4. The molecule has 0 bridgehead atoms. The number of halogens is 5. The van der Waals surface area contributed by atoms with Gasteiger partial charge in [-0.25, -0.2) is 9.97 Å². The lowest BCUT2D eigenvalue weighted by Crippen LogP contribution is -2.06. The SMILES string of the molecule is C.C.COC(OC)c1ccc(Nc2c(Cl)cccc2Cl)nc1Br.Cc1ccccc1-c1nc(Nc2c(Cl)cccc2Cl)ccc1C=O. The molecule has 0 aliphatic heterocycles. The van der Waals surface area contributed by atoms with Crippen LogP contribution in [0.25, 0.3) is 11.3 Å². The van der Waals surface area contributed by atoms with Crippen molar-refractivity contribution in [2.45, 2.75) is 28.1 Å². The normalized spacial score (nSPS) is 10.2. The van der Waals surface area contributed by atoms with Crippen LogP contribution in [0.2, 0.25) is 20.1 Å². The molecular formula is C35H35BrCl4N4O3. The number of aromatic nitrogens is 2. The van der Waals surface area contributed by atoms with Gasteiger partial charge in [-0.3, -0.25) is 4.79 Å². The van der Waals surface area contributed by atoms with E-state index in [1.165, 1.54) is 0 Å². The van der Waals surface area contributed by atoms with E-state index in [2.05, 4.69) is 36.5 Å². The number of nitrogens with one attached hydrogen (secondary N) is 2. The third-order valence-corrected chi connectivity index (χ3v) is 8.34. The summed E-state index contributed by atoms with van der Waals surface area (Å²) in [6.07, 6.45) is 0.325. The predicted octanol–water partition coefficient (Wildman–Crippen LogP) is 12.4. The zero-order valence-electron chi connectivity index (χ0n) is 24.2. The number of anilines is 4. The van der Waals surface area contributed by atoms with Gasteiger partial charge < -0.3 is 20.1 Å². The highest BCUT2D eigenvalue weighted by Crippen LogP contribution is 2.35. The fourth-order valence-electron chi connectivity index (χ4n) is 4.22. The highest BCUT2D eigenvalue weighted by molar-refractivity contribution is 9.10. The molecule has 2 heterocycles. The van der Waals surface area contributed by atoms with Crippen molar-refractivity contribution in [2.75, 3.05) is 24.9 Å². The number of methoxy groups -OCH3 is 2. The topological polar surface area (TPSA) is 85.4 Å². The Bertz CT molecular complexity index is 1770. The summed E-state index contributed by atoms with van der Waals surface area (Å²) in [6.45, 7) is 1.98. The second-order valence-electron chi connectivity index (χ2n) is 9.39. The van der Waals surface area contributed by atoms with Crippen molar-refractivity contribution >= 4 is 91.6 Å². The van der Waals surface area contributed by atoms with Crippen molar-refractivity contribution in [3.05, 3.63) is 126 Å². The lowest BCUT2D eigenvalue weighted by molar-refractivity contribution is -0.106. The molecule has 12 heteroatoms. The number of ether oxygens (including phenoxy) is 2. The van der Waals surface area contributed by atoms with Crippen LogP contribution >= 0.6 is 62.3 Å². The summed E-state index contributed by atoms with van der Waals surface area (Å²) in [7, 11) is 3.13. The second-order valence-corrected chi connectivity index (χ2v) is 11.8. The number of hydrogen-bond acceptors (Lipinski definition) is 7. The quantitative estimate of drug-likeness (QED) is 0.0875. The van der Waals surface area contributed by atoms with Gasteiger partial charge in [-0.1, -0.05) is 97.7 Å². The van der Waals surface area contributed by atoms with Crippen LogP contribution in [0, 0.1) is 6.92 Å². The Balaban J connectivity index is 0.000000316. The molecule has 3 aromatic carbocycles. The van der Waals surface area contributed by atoms with Crippen LogP contribution in [-0.2, 0) is 9.47 Å². The van der Waals surface area contributed by atoms with E-state index in [-0.39, 0.29) is 14.9 Å². The molecule has 5 aromatic rings. The van der Waals surface area contributed by atoms with Crippen molar-refractivity contribution in [2.24, 2.45) is 0 Å². The number of aryl methyl sites for hydroxylation is 1. The second kappa shape index (κ2) is 19.0. The molecule has 0 unspecified atom stereocenters. The van der Waals surface area contributed by atoms with Crippen LogP contribution in [0.5, 0.6) is 0 Å². The molecule has 7 nitrogen and oxygen atoms in total. The summed E-state index contributed by atoms with van der Waals surface area (Å²) in [6, 6.07) is 25.5. The van der Waals surface area contributed by atoms with E-state index in [1.807, 2.05) is 37.3 Å². The fraction of sp³-hybridized carbons (Fsp3) is 0.171. The van der Waals surface area contributed by atoms with Gasteiger partial charge in [0.1, 0.15) is 16.2 Å². The molecule has 2 N–H and O–H groups in total. The molecule has 0 atom stereocenters. The van der Waals surface area contributed by atoms with Crippen molar-refractivity contribution in [3.63, 3.8) is 0 Å². The molecule has 0 spiro atoms. The minimum Gasteiger partial charge on any atom is -0.352 e. The van der Waals surface area contributed by atoms with Crippen molar-refractivity contribution in [3.8, 4) is 11.3 Å². The monoisotopic (exact) mass is 778 g/mol. The summed E-state index contributed by atoms with van der Waals surface area (Å²) in [4.78, 5) is 20.4. The van der Waals surface area contributed by atoms with Gasteiger partial charge in [0.25, 0.3) is 0 Å². The molecular weight excluding hydrogens is 746 g/mol. The molecule has 0 aliphatic carbocycles. The van der Waals surface area contributed by atoms with Crippen LogP contribution in [0.15, 0.2) is 89.5 Å². The molecule has 0 saturated heterocycles. The molecule has 248 valence electrons. The van der Waals surface area contributed by atoms with Gasteiger partial charge in [-0.15, -0.1) is 0 Å². The molecule has 2 aromatic heterocycles. The minimum absolute atomic E-state index is 0. The Labute approximate surface area is 304 Å². The lowest BCUT2D eigenvalue weighted by atomic mass is 10.0. The first kappa shape index (κ1) is 40.0. The first-order valence-corrected chi connectivity index (χ1v) is 15.6. The zero-order chi connectivity index (χ0) is 32.5. The Hall–Kier alpha value is -3.21. The third kappa shape index (κ3) is 10.1. The number of hydrogen-bond donors (Lipinski definition) is 2. The van der Waals surface area contributed by atoms with Crippen LogP contribution < -0.4 is 10.6 Å². The number of rotatable bonds is 9. The van der Waals surface area contributed by atoms with Crippen molar-refractivity contribution < 1.29 is 14.3 Å². The van der Waals surface area contributed by atoms with E-state index in [1.54, 1.807) is 68.8 Å². The molecule has 47 heavy (non-hydrogen) atoms. The number of para-hydroxylation sites is 2. The van der Waals surface area contributed by atoms with E-state index in [0.717, 1.165) is 23.0 Å². The number of pyridine rings is 2. The number of nitrogens with zero attached hydrogens (tertiary/aromatic N) is 2. The Morgan fingerprint density at radius 2 is 1.19 bits per heavy atom.